The van der Waals surface area contributed by atoms with E-state index in [1.807, 2.05) is 21.1 Å². The molecule has 0 aromatic rings. The topological polar surface area (TPSA) is 49.4 Å². The second-order valence-corrected chi connectivity index (χ2v) is 3.91. The first-order valence-corrected chi connectivity index (χ1v) is 3.88. The Morgan fingerprint density at radius 1 is 1.46 bits per heavy atom. The summed E-state index contributed by atoms with van der Waals surface area (Å²) in [6.07, 6.45) is -0.290. The molecule has 0 N–H and O–H groups in total. The van der Waals surface area contributed by atoms with Crippen LogP contribution in [0.4, 0.5) is 0 Å². The summed E-state index contributed by atoms with van der Waals surface area (Å²) in [7, 11) is 7.48. The molecule has 0 aromatic heterocycles. The summed E-state index contributed by atoms with van der Waals surface area (Å²) in [5, 5.41) is 10.3. The van der Waals surface area contributed by atoms with Gasteiger partial charge < -0.3 is 19.1 Å². The van der Waals surface area contributed by atoms with Crippen molar-refractivity contribution in [3.63, 3.8) is 0 Å². The van der Waals surface area contributed by atoms with Gasteiger partial charge in [0.2, 0.25) is 0 Å². The number of carbonyl (C=O) groups excluding carboxylic acids is 1. The molecule has 1 unspecified atom stereocenters. The molecular formula is C8H18ClNO3. The maximum Gasteiger partial charge on any atom is 0.111 e. The predicted molar refractivity (Wildman–Crippen MR) is 50.6 cm³/mol. The van der Waals surface area contributed by atoms with E-state index in [-0.39, 0.29) is 24.9 Å². The standard InChI is InChI=1S/C8H17NO3.ClH/c1-9(2,3)6-7(12-4)5-8(10)11;/h7H,5-6H2,1-4H3;1H. The summed E-state index contributed by atoms with van der Waals surface area (Å²) < 4.78 is 5.69. The Morgan fingerprint density at radius 3 is 2.15 bits per heavy atom. The van der Waals surface area contributed by atoms with Crippen LogP contribution in [-0.2, 0) is 9.53 Å². The van der Waals surface area contributed by atoms with Gasteiger partial charge in [0.15, 0.2) is 0 Å². The van der Waals surface area contributed by atoms with Crippen molar-refractivity contribution >= 4 is 18.4 Å². The van der Waals surface area contributed by atoms with Crippen LogP contribution >= 0.6 is 12.4 Å². The number of likely N-dealkylation sites (N-methyl/N-ethyl adjacent to an activating group) is 1. The minimum absolute atomic E-state index is 0. The van der Waals surface area contributed by atoms with Crippen molar-refractivity contribution in [2.45, 2.75) is 12.5 Å². The van der Waals surface area contributed by atoms with Crippen LogP contribution in [0.2, 0.25) is 0 Å². The Bertz CT molecular complexity index is 156. The molecule has 0 aliphatic carbocycles. The third kappa shape index (κ3) is 9.60. The lowest BCUT2D eigenvalue weighted by Gasteiger charge is -2.28. The molecule has 1 atom stereocenters. The maximum atomic E-state index is 10.3. The van der Waals surface area contributed by atoms with Crippen molar-refractivity contribution in [2.24, 2.45) is 0 Å². The summed E-state index contributed by atoms with van der Waals surface area (Å²) in [4.78, 5) is 10.3. The highest BCUT2D eigenvalue weighted by atomic mass is 35.5. The van der Waals surface area contributed by atoms with Crippen molar-refractivity contribution in [1.82, 2.24) is 0 Å². The lowest BCUT2D eigenvalue weighted by Crippen LogP contribution is -2.44. The molecule has 0 saturated carbocycles. The van der Waals surface area contributed by atoms with Crippen LogP contribution in [0.3, 0.4) is 0 Å². The summed E-state index contributed by atoms with van der Waals surface area (Å²) in [5.41, 5.74) is 0. The van der Waals surface area contributed by atoms with Crippen LogP contribution in [0.1, 0.15) is 6.42 Å². The largest absolute Gasteiger partial charge is 0.550 e. The molecule has 4 nitrogen and oxygen atoms in total. The number of hydrogen-bond acceptors (Lipinski definition) is 3. The van der Waals surface area contributed by atoms with Crippen LogP contribution in [0.25, 0.3) is 0 Å². The van der Waals surface area contributed by atoms with E-state index in [9.17, 15) is 9.90 Å². The van der Waals surface area contributed by atoms with E-state index in [1.165, 1.54) is 7.11 Å². The monoisotopic (exact) mass is 211 g/mol. The highest BCUT2D eigenvalue weighted by Gasteiger charge is 2.17. The smallest absolute Gasteiger partial charge is 0.111 e. The van der Waals surface area contributed by atoms with Crippen molar-refractivity contribution in [3.8, 4) is 0 Å². The second kappa shape index (κ2) is 6.18. The fraction of sp³-hybridized carbons (Fsp3) is 0.875. The third-order valence-corrected chi connectivity index (χ3v) is 1.48. The molecule has 0 bridgehead atoms. The number of methoxy groups -OCH3 is 1. The summed E-state index contributed by atoms with van der Waals surface area (Å²) in [6.45, 7) is 0.671. The molecular weight excluding hydrogens is 194 g/mol. The zero-order valence-electron chi connectivity index (χ0n) is 8.57. The normalized spacial score (nSPS) is 13.2. The zero-order chi connectivity index (χ0) is 9.78. The number of carboxylic acid groups (broad SMARTS) is 1. The number of carboxylic acids is 1. The van der Waals surface area contributed by atoms with E-state index >= 15 is 0 Å². The Hall–Kier alpha value is -0.320. The summed E-state index contributed by atoms with van der Waals surface area (Å²) >= 11 is 0. The molecule has 0 radical (unpaired) electrons. The number of rotatable bonds is 5. The average molecular weight is 212 g/mol. The molecule has 5 heteroatoms. The minimum atomic E-state index is -1.06. The third-order valence-electron chi connectivity index (χ3n) is 1.48. The van der Waals surface area contributed by atoms with Crippen LogP contribution in [0, 0.1) is 0 Å². The van der Waals surface area contributed by atoms with E-state index in [0.29, 0.717) is 11.0 Å². The first-order chi connectivity index (χ1) is 5.35. The van der Waals surface area contributed by atoms with Crippen molar-refractivity contribution in [2.75, 3.05) is 34.8 Å². The van der Waals surface area contributed by atoms with Gasteiger partial charge in [-0.25, -0.2) is 0 Å². The average Bonchev–Trinajstić information content (AvgIpc) is 1.82. The van der Waals surface area contributed by atoms with E-state index in [0.717, 1.165) is 0 Å². The van der Waals surface area contributed by atoms with E-state index in [4.69, 9.17) is 4.74 Å². The van der Waals surface area contributed by atoms with Crippen molar-refractivity contribution in [3.05, 3.63) is 0 Å². The first-order valence-electron chi connectivity index (χ1n) is 3.88. The van der Waals surface area contributed by atoms with Gasteiger partial charge in [0.05, 0.1) is 21.1 Å². The number of hydrogen-bond donors (Lipinski definition) is 0. The molecule has 0 heterocycles. The van der Waals surface area contributed by atoms with Crippen molar-refractivity contribution < 1.29 is 19.1 Å². The van der Waals surface area contributed by atoms with Gasteiger partial charge in [0.25, 0.3) is 0 Å². The van der Waals surface area contributed by atoms with Crippen LogP contribution in [0.15, 0.2) is 0 Å². The molecule has 13 heavy (non-hydrogen) atoms. The highest BCUT2D eigenvalue weighted by Crippen LogP contribution is 2.02. The molecule has 0 aliphatic rings. The van der Waals surface area contributed by atoms with E-state index < -0.39 is 5.97 Å². The fourth-order valence-corrected chi connectivity index (χ4v) is 1.02. The van der Waals surface area contributed by atoms with Gasteiger partial charge in [0.1, 0.15) is 12.6 Å². The predicted octanol–water partition coefficient (Wildman–Crippen LogP) is -0.731. The molecule has 0 saturated heterocycles. The summed E-state index contributed by atoms with van der Waals surface area (Å²) in [5.74, 6) is -1.06. The second-order valence-electron chi connectivity index (χ2n) is 3.91. The lowest BCUT2D eigenvalue weighted by atomic mass is 10.2. The molecule has 0 aliphatic heterocycles. The molecule has 0 aromatic carbocycles. The zero-order valence-corrected chi connectivity index (χ0v) is 9.39. The Labute approximate surface area is 85.5 Å². The number of quaternary nitrogens is 1. The highest BCUT2D eigenvalue weighted by molar-refractivity contribution is 5.85. The number of halogens is 1. The first kappa shape index (κ1) is 15.2. The molecule has 0 spiro atoms. The van der Waals surface area contributed by atoms with Gasteiger partial charge in [-0.05, 0) is 0 Å². The van der Waals surface area contributed by atoms with Gasteiger partial charge in [-0.15, -0.1) is 12.4 Å². The number of carbonyl (C=O) groups is 1. The number of ether oxygens (including phenoxy) is 1. The van der Waals surface area contributed by atoms with Gasteiger partial charge in [-0.3, -0.25) is 0 Å². The quantitative estimate of drug-likeness (QED) is 0.564. The van der Waals surface area contributed by atoms with Crippen LogP contribution < -0.4 is 5.11 Å². The lowest BCUT2D eigenvalue weighted by molar-refractivity contribution is -0.873. The fourth-order valence-electron chi connectivity index (χ4n) is 1.02. The number of aliphatic carboxylic acids is 1. The Morgan fingerprint density at radius 2 is 1.92 bits per heavy atom. The SMILES string of the molecule is COC(CC(=O)[O-])C[N+](C)(C)C.Cl. The van der Waals surface area contributed by atoms with Gasteiger partial charge in [-0.2, -0.15) is 0 Å². The van der Waals surface area contributed by atoms with E-state index in [1.54, 1.807) is 0 Å². The van der Waals surface area contributed by atoms with E-state index in [2.05, 4.69) is 0 Å². The molecule has 80 valence electrons. The number of nitrogens with zero attached hydrogens (tertiary/aromatic N) is 1. The van der Waals surface area contributed by atoms with Gasteiger partial charge in [0, 0.05) is 19.5 Å². The summed E-state index contributed by atoms with van der Waals surface area (Å²) in [6, 6.07) is 0. The minimum Gasteiger partial charge on any atom is -0.550 e. The molecule has 0 rings (SSSR count). The maximum absolute atomic E-state index is 10.3. The Balaban J connectivity index is 0. The molecule has 0 fully saturated rings. The van der Waals surface area contributed by atoms with Gasteiger partial charge >= 0.3 is 0 Å². The van der Waals surface area contributed by atoms with Gasteiger partial charge in [-0.1, -0.05) is 0 Å². The van der Waals surface area contributed by atoms with Crippen LogP contribution in [0.5, 0.6) is 0 Å². The Kier molecular flexibility index (Phi) is 7.21. The molecule has 0 amide bonds. The van der Waals surface area contributed by atoms with Crippen LogP contribution in [-0.4, -0.2) is 51.4 Å². The van der Waals surface area contributed by atoms with Crippen molar-refractivity contribution in [1.29, 1.82) is 0 Å².